The van der Waals surface area contributed by atoms with E-state index >= 15 is 0 Å². The number of ketones is 1. The van der Waals surface area contributed by atoms with Gasteiger partial charge in [-0.2, -0.15) is 0 Å². The monoisotopic (exact) mass is 394 g/mol. The van der Waals surface area contributed by atoms with Gasteiger partial charge in [0.05, 0.1) is 5.57 Å². The summed E-state index contributed by atoms with van der Waals surface area (Å²) < 4.78 is 0. The third kappa shape index (κ3) is 3.46. The van der Waals surface area contributed by atoms with Gasteiger partial charge >= 0.3 is 0 Å². The van der Waals surface area contributed by atoms with Gasteiger partial charge in [0.2, 0.25) is 0 Å². The number of amides is 1. The minimum atomic E-state index is -0.617. The van der Waals surface area contributed by atoms with Crippen LogP contribution in [0, 0.1) is 29.6 Å². The van der Waals surface area contributed by atoms with Crippen molar-refractivity contribution in [3.05, 3.63) is 41.1 Å². The zero-order chi connectivity index (χ0) is 19.9. The molecule has 4 fully saturated rings. The van der Waals surface area contributed by atoms with Crippen LogP contribution in [0.5, 0.6) is 0 Å². The maximum atomic E-state index is 12.8. The quantitative estimate of drug-likeness (QED) is 0.356. The molecule has 4 bridgehead atoms. The first-order chi connectivity index (χ1) is 13.4. The van der Waals surface area contributed by atoms with Crippen molar-refractivity contribution in [3.8, 4) is 11.8 Å². The van der Waals surface area contributed by atoms with Crippen molar-refractivity contribution >= 4 is 23.5 Å². The van der Waals surface area contributed by atoms with Crippen LogP contribution in [0.3, 0.4) is 0 Å². The third-order valence-corrected chi connectivity index (χ3v) is 7.35. The Kier molecular flexibility index (Phi) is 5.01. The highest BCUT2D eigenvalue weighted by Crippen LogP contribution is 2.60. The number of Topliss-reactive ketones (excluding diaryl/α,β-unsaturated/α-hetero) is 1. The van der Waals surface area contributed by atoms with Gasteiger partial charge in [-0.05, 0) is 87.3 Å². The van der Waals surface area contributed by atoms with Crippen LogP contribution in [0.4, 0.5) is 0 Å². The van der Waals surface area contributed by atoms with Crippen molar-refractivity contribution in [2.45, 2.75) is 49.5 Å². The lowest BCUT2D eigenvalue weighted by atomic mass is 9.80. The molecule has 0 spiro atoms. The van der Waals surface area contributed by atoms with Crippen molar-refractivity contribution in [1.82, 2.24) is 5.32 Å². The van der Waals surface area contributed by atoms with Crippen molar-refractivity contribution in [2.24, 2.45) is 23.5 Å². The maximum absolute atomic E-state index is 12.8. The molecule has 146 valence electrons. The Morgan fingerprint density at radius 2 is 1.79 bits per heavy atom. The summed E-state index contributed by atoms with van der Waals surface area (Å²) in [6, 6.07) is 7.76. The minimum absolute atomic E-state index is 0.0977. The zero-order valence-corrected chi connectivity index (χ0v) is 17.2. The van der Waals surface area contributed by atoms with Crippen LogP contribution >= 0.6 is 11.8 Å². The van der Waals surface area contributed by atoms with E-state index in [-0.39, 0.29) is 16.8 Å². The molecule has 1 aromatic carbocycles. The van der Waals surface area contributed by atoms with E-state index in [9.17, 15) is 9.59 Å². The summed E-state index contributed by atoms with van der Waals surface area (Å²) in [5.41, 5.74) is 6.89. The average molecular weight is 395 g/mol. The summed E-state index contributed by atoms with van der Waals surface area (Å²) in [5, 5.41) is 3.11. The number of rotatable bonds is 4. The molecular weight excluding hydrogens is 368 g/mol. The number of nitrogens with two attached hydrogens (primary N) is 1. The van der Waals surface area contributed by atoms with Crippen LogP contribution in [-0.4, -0.2) is 23.5 Å². The highest BCUT2D eigenvalue weighted by atomic mass is 32.2. The summed E-state index contributed by atoms with van der Waals surface area (Å²) in [7, 11) is 0. The molecule has 1 amide bonds. The number of hydrogen-bond acceptors (Lipinski definition) is 4. The van der Waals surface area contributed by atoms with E-state index in [0.717, 1.165) is 23.3 Å². The highest BCUT2D eigenvalue weighted by Gasteiger charge is 2.58. The van der Waals surface area contributed by atoms with E-state index in [1.54, 1.807) is 18.7 Å². The SMILES string of the molecule is CSc1ccc(C#CC(C(=O)C(=O)NC23CC4CC(CC2C4)C3)=C(C)N)cc1. The Bertz CT molecular complexity index is 889. The van der Waals surface area contributed by atoms with Crippen LogP contribution in [0.25, 0.3) is 0 Å². The topological polar surface area (TPSA) is 72.2 Å². The number of nitrogens with one attached hydrogen (secondary N) is 1. The molecule has 0 heterocycles. The Balaban J connectivity index is 1.49. The molecule has 4 aliphatic rings. The van der Waals surface area contributed by atoms with Gasteiger partial charge in [-0.1, -0.05) is 11.8 Å². The summed E-state index contributed by atoms with van der Waals surface area (Å²) in [6.45, 7) is 1.62. The lowest BCUT2D eigenvalue weighted by molar-refractivity contribution is -0.137. The summed E-state index contributed by atoms with van der Waals surface area (Å²) >= 11 is 1.66. The second kappa shape index (κ2) is 7.33. The van der Waals surface area contributed by atoms with Crippen molar-refractivity contribution in [1.29, 1.82) is 0 Å². The fraction of sp³-hybridized carbons (Fsp3) is 0.478. The van der Waals surface area contributed by atoms with E-state index in [1.165, 1.54) is 19.3 Å². The number of carbonyl (C=O) groups excluding carboxylic acids is 2. The van der Waals surface area contributed by atoms with E-state index in [4.69, 9.17) is 5.73 Å². The first-order valence-corrected chi connectivity index (χ1v) is 11.1. The van der Waals surface area contributed by atoms with Crippen molar-refractivity contribution < 1.29 is 9.59 Å². The summed E-state index contributed by atoms with van der Waals surface area (Å²) in [5.74, 6) is 6.59. The molecule has 0 aliphatic heterocycles. The minimum Gasteiger partial charge on any atom is -0.401 e. The second-order valence-corrected chi connectivity index (χ2v) is 9.40. The molecule has 0 aromatic heterocycles. The van der Waals surface area contributed by atoms with Crippen LogP contribution in [-0.2, 0) is 9.59 Å². The number of thioether (sulfide) groups is 1. The lowest BCUT2D eigenvalue weighted by Crippen LogP contribution is -2.52. The standard InChI is InChI=1S/C23H26N2O2S/c1-14(24)20(8-5-15-3-6-19(28-2)7-4-15)21(26)22(27)25-23-12-16-9-17(13-23)11-18(23)10-16/h3-4,6-7,16-18H,9-13,24H2,1-2H3,(H,25,27). The highest BCUT2D eigenvalue weighted by molar-refractivity contribution is 7.98. The van der Waals surface area contributed by atoms with Crippen molar-refractivity contribution in [3.63, 3.8) is 0 Å². The Labute approximate surface area is 170 Å². The molecule has 5 rings (SSSR count). The molecule has 5 heteroatoms. The normalized spacial score (nSPS) is 30.4. The predicted octanol–water partition coefficient (Wildman–Crippen LogP) is 3.26. The van der Waals surface area contributed by atoms with E-state index in [1.807, 2.05) is 30.5 Å². The first-order valence-electron chi connectivity index (χ1n) is 9.89. The molecule has 1 aromatic rings. The zero-order valence-electron chi connectivity index (χ0n) is 16.4. The Hall–Kier alpha value is -2.19. The van der Waals surface area contributed by atoms with Crippen LogP contribution in [0.15, 0.2) is 40.4 Å². The molecule has 0 radical (unpaired) electrons. The summed E-state index contributed by atoms with van der Waals surface area (Å²) in [6.07, 6.45) is 7.71. The van der Waals surface area contributed by atoms with Crippen LogP contribution < -0.4 is 11.1 Å². The molecular formula is C23H26N2O2S. The summed E-state index contributed by atoms with van der Waals surface area (Å²) in [4.78, 5) is 26.7. The number of carbonyl (C=O) groups is 2. The van der Waals surface area contributed by atoms with Gasteiger partial charge in [-0.25, -0.2) is 0 Å². The van der Waals surface area contributed by atoms with Gasteiger partial charge in [-0.3, -0.25) is 9.59 Å². The van der Waals surface area contributed by atoms with E-state index < -0.39 is 11.7 Å². The van der Waals surface area contributed by atoms with Crippen LogP contribution in [0.1, 0.15) is 44.6 Å². The molecule has 28 heavy (non-hydrogen) atoms. The van der Waals surface area contributed by atoms with Crippen LogP contribution in [0.2, 0.25) is 0 Å². The fourth-order valence-corrected chi connectivity index (χ4v) is 5.95. The molecule has 4 aliphatic carbocycles. The lowest BCUT2D eigenvalue weighted by Gasteiger charge is -2.33. The second-order valence-electron chi connectivity index (χ2n) is 8.52. The molecule has 2 unspecified atom stereocenters. The molecule has 3 N–H and O–H groups in total. The number of allylic oxidation sites excluding steroid dienone is 1. The van der Waals surface area contributed by atoms with Gasteiger partial charge < -0.3 is 11.1 Å². The average Bonchev–Trinajstić information content (AvgIpc) is 3.05. The van der Waals surface area contributed by atoms with E-state index in [0.29, 0.717) is 17.8 Å². The fourth-order valence-electron chi connectivity index (χ4n) is 5.54. The van der Waals surface area contributed by atoms with Gasteiger partial charge in [-0.15, -0.1) is 11.8 Å². The first kappa shape index (κ1) is 19.1. The van der Waals surface area contributed by atoms with E-state index in [2.05, 4.69) is 17.2 Å². The smallest absolute Gasteiger partial charge is 0.293 e. The van der Waals surface area contributed by atoms with Gasteiger partial charge in [0.1, 0.15) is 0 Å². The Morgan fingerprint density at radius 1 is 1.14 bits per heavy atom. The molecule has 4 nitrogen and oxygen atoms in total. The van der Waals surface area contributed by atoms with Gasteiger partial charge in [0.15, 0.2) is 0 Å². The molecule has 4 saturated carbocycles. The number of benzene rings is 1. The predicted molar refractivity (Wildman–Crippen MR) is 111 cm³/mol. The third-order valence-electron chi connectivity index (χ3n) is 6.60. The molecule has 2 atom stereocenters. The molecule has 0 saturated heterocycles. The van der Waals surface area contributed by atoms with Crippen molar-refractivity contribution in [2.75, 3.05) is 6.26 Å². The maximum Gasteiger partial charge on any atom is 0.293 e. The van der Waals surface area contributed by atoms with Gasteiger partial charge in [0.25, 0.3) is 11.7 Å². The Morgan fingerprint density at radius 3 is 2.36 bits per heavy atom. The number of hydrogen-bond donors (Lipinski definition) is 2. The van der Waals surface area contributed by atoms with Gasteiger partial charge in [0, 0.05) is 21.7 Å². The largest absolute Gasteiger partial charge is 0.401 e.